The summed E-state index contributed by atoms with van der Waals surface area (Å²) in [6.07, 6.45) is -2.27. The molecule has 49 heavy (non-hydrogen) atoms. The molecule has 2 N–H and O–H groups in total. The van der Waals surface area contributed by atoms with Crippen molar-refractivity contribution in [2.75, 3.05) is 19.0 Å². The molecule has 3 aromatic rings. The summed E-state index contributed by atoms with van der Waals surface area (Å²) in [5, 5.41) is 13.0. The SMILES string of the molecule is CO[C@H]1O[C@H](CO)[C@@H](OC(=O)Nc2ccc(Br)cc2)[C@@H]2OC(=O)[C@H](Cc3cccc(Br)c3)C/C=C/C[C@@H](Cc3cccc(Br)c3)C(=O)O[C@@H]12. The van der Waals surface area contributed by atoms with Gasteiger partial charge < -0.3 is 28.8 Å². The van der Waals surface area contributed by atoms with Crippen LogP contribution < -0.4 is 5.32 Å². The number of amides is 1. The van der Waals surface area contributed by atoms with E-state index in [0.29, 0.717) is 31.4 Å². The number of hydrogen-bond acceptors (Lipinski definition) is 9. The maximum absolute atomic E-state index is 14.0. The minimum absolute atomic E-state index is 0.324. The first kappa shape index (κ1) is 37.2. The lowest BCUT2D eigenvalue weighted by molar-refractivity contribution is -0.300. The minimum Gasteiger partial charge on any atom is -0.454 e. The number of carbonyl (C=O) groups is 3. The molecule has 2 aliphatic rings. The fourth-order valence-corrected chi connectivity index (χ4v) is 6.98. The Kier molecular flexibility index (Phi) is 13.5. The van der Waals surface area contributed by atoms with Crippen LogP contribution >= 0.6 is 47.8 Å². The largest absolute Gasteiger partial charge is 0.454 e. The molecule has 260 valence electrons. The maximum atomic E-state index is 14.0. The van der Waals surface area contributed by atoms with Crippen molar-refractivity contribution >= 4 is 71.5 Å². The molecule has 0 unspecified atom stereocenters. The van der Waals surface area contributed by atoms with E-state index in [1.807, 2.05) is 60.7 Å². The molecule has 2 aliphatic heterocycles. The van der Waals surface area contributed by atoms with E-state index in [1.54, 1.807) is 24.3 Å². The molecule has 7 atom stereocenters. The van der Waals surface area contributed by atoms with E-state index in [0.717, 1.165) is 24.5 Å². The summed E-state index contributed by atoms with van der Waals surface area (Å²) >= 11 is 10.4. The van der Waals surface area contributed by atoms with Crippen molar-refractivity contribution < 1.29 is 43.2 Å². The number of ether oxygens (including phenoxy) is 5. The Labute approximate surface area is 309 Å². The molecule has 10 nitrogen and oxygen atoms in total. The van der Waals surface area contributed by atoms with Gasteiger partial charge in [-0.2, -0.15) is 0 Å². The van der Waals surface area contributed by atoms with Gasteiger partial charge in [0.2, 0.25) is 0 Å². The summed E-state index contributed by atoms with van der Waals surface area (Å²) in [5.74, 6) is -2.43. The second-order valence-corrected chi connectivity index (χ2v) is 14.5. The van der Waals surface area contributed by atoms with Crippen LogP contribution in [0.4, 0.5) is 10.5 Å². The van der Waals surface area contributed by atoms with Gasteiger partial charge in [0.15, 0.2) is 24.6 Å². The molecule has 0 saturated carbocycles. The molecule has 1 fully saturated rings. The van der Waals surface area contributed by atoms with Gasteiger partial charge >= 0.3 is 18.0 Å². The summed E-state index contributed by atoms with van der Waals surface area (Å²) in [6, 6.07) is 22.1. The lowest BCUT2D eigenvalue weighted by Gasteiger charge is -2.44. The number of anilines is 1. The molecule has 5 rings (SSSR count). The van der Waals surface area contributed by atoms with Gasteiger partial charge in [0.1, 0.15) is 6.10 Å². The highest BCUT2D eigenvalue weighted by Gasteiger charge is 2.53. The molecular weight excluding hydrogens is 830 g/mol. The van der Waals surface area contributed by atoms with Crippen LogP contribution in [0.3, 0.4) is 0 Å². The normalized spacial score (nSPS) is 26.6. The molecule has 0 spiro atoms. The number of carbonyl (C=O) groups excluding carboxylic acids is 3. The van der Waals surface area contributed by atoms with Crippen molar-refractivity contribution in [1.29, 1.82) is 0 Å². The van der Waals surface area contributed by atoms with E-state index < -0.39 is 67.2 Å². The first-order chi connectivity index (χ1) is 23.6. The van der Waals surface area contributed by atoms with Gasteiger partial charge in [0, 0.05) is 26.2 Å². The molecule has 3 aromatic carbocycles. The Morgan fingerprint density at radius 3 is 1.88 bits per heavy atom. The second kappa shape index (κ2) is 17.7. The van der Waals surface area contributed by atoms with Crippen LogP contribution in [0, 0.1) is 11.8 Å². The van der Waals surface area contributed by atoms with Crippen LogP contribution in [0.5, 0.6) is 0 Å². The molecule has 1 saturated heterocycles. The number of benzene rings is 3. The number of nitrogens with one attached hydrogen (secondary N) is 1. The number of allylic oxidation sites excluding steroid dienone is 2. The van der Waals surface area contributed by atoms with Gasteiger partial charge in [-0.3, -0.25) is 14.9 Å². The van der Waals surface area contributed by atoms with Crippen LogP contribution in [0.1, 0.15) is 24.0 Å². The zero-order chi connectivity index (χ0) is 34.9. The lowest BCUT2D eigenvalue weighted by Crippen LogP contribution is -2.63. The van der Waals surface area contributed by atoms with Crippen LogP contribution in [-0.4, -0.2) is 67.6 Å². The van der Waals surface area contributed by atoms with E-state index in [4.69, 9.17) is 23.7 Å². The summed E-state index contributed by atoms with van der Waals surface area (Å²) in [4.78, 5) is 41.1. The number of aliphatic hydroxyl groups is 1. The van der Waals surface area contributed by atoms with Crippen molar-refractivity contribution in [3.8, 4) is 0 Å². The Balaban J connectivity index is 1.50. The smallest absolute Gasteiger partial charge is 0.412 e. The highest BCUT2D eigenvalue weighted by atomic mass is 79.9. The molecule has 13 heteroatoms. The van der Waals surface area contributed by atoms with Crippen LogP contribution in [0.2, 0.25) is 0 Å². The van der Waals surface area contributed by atoms with Gasteiger partial charge in [-0.1, -0.05) is 84.2 Å². The number of fused-ring (bicyclic) bond motifs is 1. The third kappa shape index (κ3) is 10.2. The molecule has 0 aromatic heterocycles. The van der Waals surface area contributed by atoms with E-state index in [-0.39, 0.29) is 0 Å². The fourth-order valence-electron chi connectivity index (χ4n) is 5.83. The Morgan fingerprint density at radius 2 is 1.37 bits per heavy atom. The summed E-state index contributed by atoms with van der Waals surface area (Å²) < 4.78 is 32.1. The Morgan fingerprint density at radius 1 is 0.816 bits per heavy atom. The van der Waals surface area contributed by atoms with Crippen LogP contribution in [0.25, 0.3) is 0 Å². The highest BCUT2D eigenvalue weighted by Crippen LogP contribution is 2.32. The monoisotopic (exact) mass is 863 g/mol. The molecule has 0 radical (unpaired) electrons. The van der Waals surface area contributed by atoms with Crippen LogP contribution in [-0.2, 0) is 46.1 Å². The lowest BCUT2D eigenvalue weighted by atomic mass is 9.92. The predicted octanol–water partition coefficient (Wildman–Crippen LogP) is 7.15. The van der Waals surface area contributed by atoms with E-state index in [9.17, 15) is 19.5 Å². The van der Waals surface area contributed by atoms with Crippen molar-refractivity contribution in [3.05, 3.63) is 109 Å². The fraction of sp³-hybridized carbons (Fsp3) is 0.361. The van der Waals surface area contributed by atoms with E-state index in [1.165, 1.54) is 7.11 Å². The minimum atomic E-state index is -1.39. The number of halogens is 3. The molecule has 0 aliphatic carbocycles. The van der Waals surface area contributed by atoms with Gasteiger partial charge in [0.05, 0.1) is 18.4 Å². The number of hydrogen-bond donors (Lipinski definition) is 2. The van der Waals surface area contributed by atoms with Gasteiger partial charge in [-0.25, -0.2) is 4.79 Å². The molecule has 1 amide bonds. The topological polar surface area (TPSA) is 130 Å². The van der Waals surface area contributed by atoms with Crippen molar-refractivity contribution in [2.24, 2.45) is 11.8 Å². The second-order valence-electron chi connectivity index (χ2n) is 11.8. The third-order valence-electron chi connectivity index (χ3n) is 8.26. The summed E-state index contributed by atoms with van der Waals surface area (Å²) in [5.41, 5.74) is 2.26. The van der Waals surface area contributed by atoms with Gasteiger partial charge in [-0.05, 0) is 85.3 Å². The quantitative estimate of drug-likeness (QED) is 0.138. The summed E-state index contributed by atoms with van der Waals surface area (Å²) in [6.45, 7) is -0.611. The number of rotatable bonds is 8. The van der Waals surface area contributed by atoms with E-state index >= 15 is 0 Å². The van der Waals surface area contributed by atoms with Crippen molar-refractivity contribution in [2.45, 2.75) is 56.4 Å². The Hall–Kier alpha value is -3.07. The third-order valence-corrected chi connectivity index (χ3v) is 9.77. The molecule has 2 heterocycles. The predicted molar refractivity (Wildman–Crippen MR) is 192 cm³/mol. The van der Waals surface area contributed by atoms with Gasteiger partial charge in [0.25, 0.3) is 0 Å². The van der Waals surface area contributed by atoms with E-state index in [2.05, 4.69) is 53.1 Å². The first-order valence-corrected chi connectivity index (χ1v) is 18.1. The van der Waals surface area contributed by atoms with Gasteiger partial charge in [-0.15, -0.1) is 0 Å². The maximum Gasteiger partial charge on any atom is 0.412 e. The Bertz CT molecular complexity index is 1640. The standard InChI is InChI=1S/C36H36Br3NO9/c1-45-35-32-31(30(29(20-41)46-35)49-36(44)40-28-14-12-25(37)13-15-28)47-33(42)23(16-21-6-4-10-26(38)18-21)8-2-3-9-24(34(43)48-32)17-22-7-5-11-27(39)19-22/h2-7,10-15,18-19,23-24,29-32,35,41H,8-9,16-17,20H2,1H3,(H,40,44)/b3-2+/t23-,24-,29+,30+,31-,32+,35-/m0/s1. The van der Waals surface area contributed by atoms with Crippen molar-refractivity contribution in [3.63, 3.8) is 0 Å². The molecule has 0 bridgehead atoms. The number of esters is 2. The molecular formula is C36H36Br3NO9. The average molecular weight is 866 g/mol. The highest BCUT2D eigenvalue weighted by molar-refractivity contribution is 9.11. The zero-order valence-electron chi connectivity index (χ0n) is 26.5. The first-order valence-electron chi connectivity index (χ1n) is 15.7. The van der Waals surface area contributed by atoms with Crippen LogP contribution in [0.15, 0.2) is 98.4 Å². The average Bonchev–Trinajstić information content (AvgIpc) is 3.07. The van der Waals surface area contributed by atoms with Crippen molar-refractivity contribution in [1.82, 2.24) is 0 Å². The summed E-state index contributed by atoms with van der Waals surface area (Å²) in [7, 11) is 1.35. The number of aliphatic hydroxyl groups excluding tert-OH is 1. The zero-order valence-corrected chi connectivity index (χ0v) is 31.3. The number of methoxy groups -OCH3 is 1.